The van der Waals surface area contributed by atoms with Gasteiger partial charge in [-0.3, -0.25) is 4.79 Å². The van der Waals surface area contributed by atoms with Crippen molar-refractivity contribution in [3.63, 3.8) is 0 Å². The molecular weight excluding hydrogens is 258 g/mol. The summed E-state index contributed by atoms with van der Waals surface area (Å²) in [4.78, 5) is 22.6. The second kappa shape index (κ2) is 5.88. The molecule has 102 valence electrons. The van der Waals surface area contributed by atoms with Gasteiger partial charge < -0.3 is 14.8 Å². The lowest BCUT2D eigenvalue weighted by atomic mass is 10.1. The zero-order valence-corrected chi connectivity index (χ0v) is 10.8. The average molecular weight is 271 g/mol. The van der Waals surface area contributed by atoms with E-state index in [1.54, 1.807) is 37.3 Å². The molecule has 2 N–H and O–H groups in total. The quantitative estimate of drug-likeness (QED) is 0.838. The Balaban J connectivity index is 2.05. The number of nitrogens with one attached hydrogen (secondary N) is 1. The van der Waals surface area contributed by atoms with Gasteiger partial charge in [0.25, 0.3) is 0 Å². The van der Waals surface area contributed by atoms with Gasteiger partial charge in [-0.05, 0) is 48.9 Å². The van der Waals surface area contributed by atoms with E-state index in [1.165, 1.54) is 18.4 Å². The van der Waals surface area contributed by atoms with E-state index < -0.39 is 5.97 Å². The van der Waals surface area contributed by atoms with Crippen LogP contribution in [0.15, 0.2) is 47.1 Å². The van der Waals surface area contributed by atoms with Gasteiger partial charge in [-0.15, -0.1) is 0 Å². The summed E-state index contributed by atoms with van der Waals surface area (Å²) in [5, 5.41) is 11.6. The van der Waals surface area contributed by atoms with Crippen molar-refractivity contribution >= 4 is 23.6 Å². The molecule has 1 heterocycles. The van der Waals surface area contributed by atoms with Crippen molar-refractivity contribution in [3.8, 4) is 0 Å². The Kier molecular flexibility index (Phi) is 4.00. The van der Waals surface area contributed by atoms with Gasteiger partial charge >= 0.3 is 5.97 Å². The summed E-state index contributed by atoms with van der Waals surface area (Å²) >= 11 is 0. The summed E-state index contributed by atoms with van der Waals surface area (Å²) in [7, 11) is 0. The second-order valence-electron chi connectivity index (χ2n) is 4.17. The molecule has 0 unspecified atom stereocenters. The molecule has 0 radical (unpaired) electrons. The summed E-state index contributed by atoms with van der Waals surface area (Å²) < 4.78 is 5.06. The van der Waals surface area contributed by atoms with Crippen LogP contribution in [0.5, 0.6) is 0 Å². The number of carbonyl (C=O) groups excluding carboxylic acids is 1. The lowest BCUT2D eigenvalue weighted by molar-refractivity contribution is -0.111. The number of hydrogen-bond acceptors (Lipinski definition) is 3. The Morgan fingerprint density at radius 1 is 1.30 bits per heavy atom. The first-order valence-corrected chi connectivity index (χ1v) is 5.93. The van der Waals surface area contributed by atoms with Crippen LogP contribution in [0, 0.1) is 6.92 Å². The van der Waals surface area contributed by atoms with Gasteiger partial charge in [0.1, 0.15) is 5.76 Å². The smallest absolute Gasteiger partial charge is 0.335 e. The lowest BCUT2D eigenvalue weighted by Gasteiger charge is -2.05. The van der Waals surface area contributed by atoms with Crippen LogP contribution in [-0.2, 0) is 4.79 Å². The van der Waals surface area contributed by atoms with Gasteiger partial charge in [-0.2, -0.15) is 0 Å². The van der Waals surface area contributed by atoms with E-state index >= 15 is 0 Å². The third kappa shape index (κ3) is 3.35. The molecule has 20 heavy (non-hydrogen) atoms. The molecular formula is C15H13NO4. The highest BCUT2D eigenvalue weighted by Crippen LogP contribution is 2.15. The molecule has 0 fully saturated rings. The summed E-state index contributed by atoms with van der Waals surface area (Å²) in [6.07, 6.45) is 4.42. The lowest BCUT2D eigenvalue weighted by Crippen LogP contribution is -2.08. The molecule has 2 rings (SSSR count). The van der Waals surface area contributed by atoms with Crippen LogP contribution >= 0.6 is 0 Å². The van der Waals surface area contributed by atoms with E-state index in [2.05, 4.69) is 5.32 Å². The largest absolute Gasteiger partial charge is 0.478 e. The molecule has 0 saturated carbocycles. The fourth-order valence-electron chi connectivity index (χ4n) is 1.71. The number of carbonyl (C=O) groups is 2. The number of carboxylic acids is 1. The SMILES string of the molecule is Cc1cc(NC(=O)C=Cc2ccco2)ccc1C(=O)O. The molecule has 0 aliphatic carbocycles. The molecule has 1 aromatic carbocycles. The number of hydrogen-bond donors (Lipinski definition) is 2. The van der Waals surface area contributed by atoms with Gasteiger partial charge in [-0.25, -0.2) is 4.79 Å². The zero-order chi connectivity index (χ0) is 14.5. The number of furan rings is 1. The number of amides is 1. The predicted octanol–water partition coefficient (Wildman–Crippen LogP) is 2.94. The average Bonchev–Trinajstić information content (AvgIpc) is 2.89. The van der Waals surface area contributed by atoms with Crippen LogP contribution in [0.4, 0.5) is 5.69 Å². The Bertz CT molecular complexity index is 657. The summed E-state index contributed by atoms with van der Waals surface area (Å²) in [6, 6.07) is 8.09. The van der Waals surface area contributed by atoms with Crippen molar-refractivity contribution < 1.29 is 19.1 Å². The first kappa shape index (κ1) is 13.6. The van der Waals surface area contributed by atoms with Gasteiger partial charge in [0.05, 0.1) is 11.8 Å². The monoisotopic (exact) mass is 271 g/mol. The standard InChI is InChI=1S/C15H13NO4/c1-10-9-11(4-6-13(10)15(18)19)16-14(17)7-5-12-3-2-8-20-12/h2-9H,1H3,(H,16,17)(H,18,19). The van der Waals surface area contributed by atoms with Gasteiger partial charge in [0.15, 0.2) is 0 Å². The minimum absolute atomic E-state index is 0.217. The fourth-order valence-corrected chi connectivity index (χ4v) is 1.71. The number of benzene rings is 1. The Hall–Kier alpha value is -2.82. The molecule has 0 aliphatic heterocycles. The number of aryl methyl sites for hydroxylation is 1. The van der Waals surface area contributed by atoms with Crippen molar-refractivity contribution in [2.24, 2.45) is 0 Å². The highest BCUT2D eigenvalue weighted by atomic mass is 16.4. The van der Waals surface area contributed by atoms with Crippen molar-refractivity contribution in [1.29, 1.82) is 0 Å². The third-order valence-electron chi connectivity index (χ3n) is 2.67. The number of carboxylic acid groups (broad SMARTS) is 1. The maximum Gasteiger partial charge on any atom is 0.335 e. The minimum Gasteiger partial charge on any atom is -0.478 e. The maximum atomic E-state index is 11.7. The summed E-state index contributed by atoms with van der Waals surface area (Å²) in [6.45, 7) is 1.68. The molecule has 1 aromatic heterocycles. The van der Waals surface area contributed by atoms with Crippen LogP contribution in [0.25, 0.3) is 6.08 Å². The first-order valence-electron chi connectivity index (χ1n) is 5.93. The maximum absolute atomic E-state index is 11.7. The predicted molar refractivity (Wildman–Crippen MR) is 74.5 cm³/mol. The van der Waals surface area contributed by atoms with Gasteiger partial charge in [0.2, 0.25) is 5.91 Å². The van der Waals surface area contributed by atoms with E-state index in [4.69, 9.17) is 9.52 Å². The second-order valence-corrected chi connectivity index (χ2v) is 4.17. The Labute approximate surface area is 115 Å². The van der Waals surface area contributed by atoms with Crippen molar-refractivity contribution in [2.45, 2.75) is 6.92 Å². The van der Waals surface area contributed by atoms with Crippen molar-refractivity contribution in [2.75, 3.05) is 5.32 Å². The molecule has 5 heteroatoms. The van der Waals surface area contributed by atoms with Crippen LogP contribution in [0.2, 0.25) is 0 Å². The minimum atomic E-state index is -0.988. The van der Waals surface area contributed by atoms with Crippen molar-refractivity contribution in [1.82, 2.24) is 0 Å². The topological polar surface area (TPSA) is 79.5 Å². The van der Waals surface area contributed by atoms with E-state index in [0.29, 0.717) is 17.0 Å². The molecule has 1 amide bonds. The van der Waals surface area contributed by atoms with Gasteiger partial charge in [-0.1, -0.05) is 0 Å². The molecule has 0 spiro atoms. The van der Waals surface area contributed by atoms with Gasteiger partial charge in [0, 0.05) is 11.8 Å². The highest BCUT2D eigenvalue weighted by molar-refractivity contribution is 6.02. The highest BCUT2D eigenvalue weighted by Gasteiger charge is 2.07. The van der Waals surface area contributed by atoms with Crippen LogP contribution in [0.3, 0.4) is 0 Å². The van der Waals surface area contributed by atoms with E-state index in [-0.39, 0.29) is 11.5 Å². The third-order valence-corrected chi connectivity index (χ3v) is 2.67. The molecule has 0 bridgehead atoms. The number of rotatable bonds is 4. The molecule has 0 aliphatic rings. The van der Waals surface area contributed by atoms with E-state index in [9.17, 15) is 9.59 Å². The number of anilines is 1. The normalized spacial score (nSPS) is 10.7. The fraction of sp³-hybridized carbons (Fsp3) is 0.0667. The molecule has 0 saturated heterocycles. The van der Waals surface area contributed by atoms with Crippen LogP contribution in [0.1, 0.15) is 21.7 Å². The van der Waals surface area contributed by atoms with E-state index in [0.717, 1.165) is 0 Å². The van der Waals surface area contributed by atoms with E-state index in [1.807, 2.05) is 0 Å². The molecule has 0 atom stereocenters. The Morgan fingerprint density at radius 3 is 2.70 bits per heavy atom. The number of aromatic carboxylic acids is 1. The summed E-state index contributed by atoms with van der Waals surface area (Å²) in [5.74, 6) is -0.723. The first-order chi connectivity index (χ1) is 9.56. The Morgan fingerprint density at radius 2 is 2.10 bits per heavy atom. The molecule has 5 nitrogen and oxygen atoms in total. The zero-order valence-electron chi connectivity index (χ0n) is 10.8. The van der Waals surface area contributed by atoms with Crippen LogP contribution in [-0.4, -0.2) is 17.0 Å². The molecule has 2 aromatic rings. The van der Waals surface area contributed by atoms with Crippen LogP contribution < -0.4 is 5.32 Å². The van der Waals surface area contributed by atoms with Crippen molar-refractivity contribution in [3.05, 3.63) is 59.6 Å². The summed E-state index contributed by atoms with van der Waals surface area (Å²) in [5.41, 5.74) is 1.35.